The smallest absolute Gasteiger partial charge is 0.309 e. The molecule has 0 heterocycles. The molecule has 1 aromatic rings. The first-order chi connectivity index (χ1) is 11.6. The maximum absolute atomic E-state index is 12.1. The van der Waals surface area contributed by atoms with Crippen molar-refractivity contribution in [2.45, 2.75) is 49.5 Å². The molecule has 0 spiro atoms. The molecule has 0 aliphatic heterocycles. The average molecular weight is 385 g/mol. The summed E-state index contributed by atoms with van der Waals surface area (Å²) in [4.78, 5) is 23.6. The molecule has 1 aliphatic rings. The number of carboxylic acids is 2. The topological polar surface area (TPSA) is 155 Å². The van der Waals surface area contributed by atoms with E-state index in [2.05, 4.69) is 0 Å². The van der Waals surface area contributed by atoms with Crippen LogP contribution in [0.4, 0.5) is 0 Å². The molecule has 0 bridgehead atoms. The maximum atomic E-state index is 12.1. The van der Waals surface area contributed by atoms with Crippen molar-refractivity contribution < 1.29 is 32.8 Å². The number of carbonyl (C=O) groups is 2. The van der Waals surface area contributed by atoms with Crippen molar-refractivity contribution in [3.8, 4) is 0 Å². The second-order valence-corrected chi connectivity index (χ2v) is 9.10. The van der Waals surface area contributed by atoms with Gasteiger partial charge in [-0.3, -0.25) is 14.1 Å². The number of carboxylic acid groups (broad SMARTS) is 2. The molecule has 0 radical (unpaired) electrons. The average Bonchev–Trinajstić information content (AvgIpc) is 2.47. The number of fused-ring (bicyclic) bond motifs is 1. The van der Waals surface area contributed by atoms with Gasteiger partial charge in [-0.2, -0.15) is 8.42 Å². The summed E-state index contributed by atoms with van der Waals surface area (Å²) in [5, 5.41) is 19.5. The molecule has 4 unspecified atom stereocenters. The van der Waals surface area contributed by atoms with Crippen molar-refractivity contribution in [2.75, 3.05) is 0 Å². The molecular formula is C17H23NO7S. The lowest BCUT2D eigenvalue weighted by Gasteiger charge is -2.53. The predicted octanol–water partition coefficient (Wildman–Crippen LogP) is 1.45. The number of benzene rings is 1. The molecule has 9 heteroatoms. The molecule has 2 rings (SSSR count). The van der Waals surface area contributed by atoms with Gasteiger partial charge in [-0.25, -0.2) is 0 Å². The van der Waals surface area contributed by atoms with Crippen LogP contribution < -0.4 is 5.73 Å². The van der Waals surface area contributed by atoms with Crippen LogP contribution in [0.1, 0.15) is 44.7 Å². The standard InChI is InChI=1S/C17H23NO7S/c1-8-10-6-5-9(26(23,24)25)7-11(10)17(8,4)13(15(21)22)12(14(19)20)16(2,3)18/h5-8,12-13H,18H2,1-4H3,(H,19,20)(H,21,22)(H,23,24,25). The minimum absolute atomic E-state index is 0.335. The lowest BCUT2D eigenvalue weighted by atomic mass is 9.49. The highest BCUT2D eigenvalue weighted by Crippen LogP contribution is 2.58. The van der Waals surface area contributed by atoms with Crippen molar-refractivity contribution in [3.05, 3.63) is 29.3 Å². The second kappa shape index (κ2) is 6.04. The highest BCUT2D eigenvalue weighted by molar-refractivity contribution is 7.85. The molecule has 26 heavy (non-hydrogen) atoms. The van der Waals surface area contributed by atoms with E-state index in [9.17, 15) is 32.8 Å². The zero-order chi connectivity index (χ0) is 20.2. The SMILES string of the molecule is CC1c2ccc(S(=O)(=O)O)cc2C1(C)C(C(=O)O)C(C(=O)O)C(C)(C)N. The van der Waals surface area contributed by atoms with E-state index in [4.69, 9.17) is 5.73 Å². The molecule has 0 aromatic heterocycles. The molecule has 0 amide bonds. The minimum Gasteiger partial charge on any atom is -0.481 e. The van der Waals surface area contributed by atoms with Crippen LogP contribution in [0.3, 0.4) is 0 Å². The lowest BCUT2D eigenvalue weighted by molar-refractivity contribution is -0.161. The summed E-state index contributed by atoms with van der Waals surface area (Å²) in [7, 11) is -4.48. The van der Waals surface area contributed by atoms with Crippen molar-refractivity contribution in [1.29, 1.82) is 0 Å². The van der Waals surface area contributed by atoms with Crippen LogP contribution in [-0.2, 0) is 25.1 Å². The van der Waals surface area contributed by atoms with Gasteiger partial charge < -0.3 is 15.9 Å². The number of rotatable bonds is 6. The van der Waals surface area contributed by atoms with E-state index >= 15 is 0 Å². The zero-order valence-electron chi connectivity index (χ0n) is 14.9. The van der Waals surface area contributed by atoms with Crippen molar-refractivity contribution in [2.24, 2.45) is 17.6 Å². The Balaban J connectivity index is 2.70. The first-order valence-electron chi connectivity index (χ1n) is 7.99. The Hall–Kier alpha value is -1.97. The molecule has 5 N–H and O–H groups in total. The fourth-order valence-corrected chi connectivity index (χ4v) is 4.60. The summed E-state index contributed by atoms with van der Waals surface area (Å²) in [6.45, 7) is 6.25. The highest BCUT2D eigenvalue weighted by atomic mass is 32.2. The minimum atomic E-state index is -4.48. The van der Waals surface area contributed by atoms with Gasteiger partial charge in [0, 0.05) is 11.0 Å². The van der Waals surface area contributed by atoms with Gasteiger partial charge in [-0.05, 0) is 43.0 Å². The fraction of sp³-hybridized carbons (Fsp3) is 0.529. The van der Waals surface area contributed by atoms with Gasteiger partial charge in [0.15, 0.2) is 0 Å². The van der Waals surface area contributed by atoms with Gasteiger partial charge >= 0.3 is 11.9 Å². The van der Waals surface area contributed by atoms with Crippen molar-refractivity contribution in [1.82, 2.24) is 0 Å². The number of hydrogen-bond donors (Lipinski definition) is 4. The number of aliphatic carboxylic acids is 2. The van der Waals surface area contributed by atoms with E-state index in [0.717, 1.165) is 0 Å². The van der Waals surface area contributed by atoms with Gasteiger partial charge in [0.05, 0.1) is 16.7 Å². The van der Waals surface area contributed by atoms with Crippen LogP contribution in [0.5, 0.6) is 0 Å². The van der Waals surface area contributed by atoms with E-state index < -0.39 is 44.8 Å². The zero-order valence-corrected chi connectivity index (χ0v) is 15.7. The van der Waals surface area contributed by atoms with E-state index in [1.807, 2.05) is 0 Å². The second-order valence-electron chi connectivity index (χ2n) is 7.68. The number of nitrogens with two attached hydrogens (primary N) is 1. The van der Waals surface area contributed by atoms with Gasteiger partial charge in [-0.1, -0.05) is 19.9 Å². The van der Waals surface area contributed by atoms with Gasteiger partial charge in [0.1, 0.15) is 0 Å². The Kier molecular flexibility index (Phi) is 4.72. The summed E-state index contributed by atoms with van der Waals surface area (Å²) < 4.78 is 32.2. The fourth-order valence-electron chi connectivity index (χ4n) is 4.09. The van der Waals surface area contributed by atoms with E-state index in [-0.39, 0.29) is 10.8 Å². The summed E-state index contributed by atoms with van der Waals surface area (Å²) in [6, 6.07) is 3.96. The third-order valence-electron chi connectivity index (χ3n) is 5.58. The Bertz CT molecular complexity index is 872. The van der Waals surface area contributed by atoms with Crippen LogP contribution in [0.15, 0.2) is 23.1 Å². The first kappa shape index (κ1) is 20.3. The van der Waals surface area contributed by atoms with Crippen molar-refractivity contribution >= 4 is 22.1 Å². The monoisotopic (exact) mass is 385 g/mol. The van der Waals surface area contributed by atoms with Crippen LogP contribution in [0, 0.1) is 11.8 Å². The Morgan fingerprint density at radius 2 is 1.77 bits per heavy atom. The molecule has 1 aliphatic carbocycles. The van der Waals surface area contributed by atoms with Gasteiger partial charge in [-0.15, -0.1) is 0 Å². The molecule has 4 atom stereocenters. The Morgan fingerprint density at radius 3 is 2.15 bits per heavy atom. The van der Waals surface area contributed by atoms with E-state index in [1.165, 1.54) is 32.0 Å². The molecule has 0 saturated carbocycles. The molecule has 0 saturated heterocycles. The predicted molar refractivity (Wildman–Crippen MR) is 92.5 cm³/mol. The summed E-state index contributed by atoms with van der Waals surface area (Å²) in [6.07, 6.45) is 0. The van der Waals surface area contributed by atoms with E-state index in [1.54, 1.807) is 13.8 Å². The summed E-state index contributed by atoms with van der Waals surface area (Å²) in [5.74, 6) is -5.79. The van der Waals surface area contributed by atoms with Crippen molar-refractivity contribution in [3.63, 3.8) is 0 Å². The Morgan fingerprint density at radius 1 is 1.23 bits per heavy atom. The van der Waals surface area contributed by atoms with Gasteiger partial charge in [0.25, 0.3) is 10.1 Å². The third-order valence-corrected chi connectivity index (χ3v) is 6.43. The molecule has 144 valence electrons. The largest absolute Gasteiger partial charge is 0.481 e. The van der Waals surface area contributed by atoms with Crippen LogP contribution >= 0.6 is 0 Å². The van der Waals surface area contributed by atoms with E-state index in [0.29, 0.717) is 11.1 Å². The summed E-state index contributed by atoms with van der Waals surface area (Å²) >= 11 is 0. The van der Waals surface area contributed by atoms with Crippen LogP contribution in [0.2, 0.25) is 0 Å². The Labute approximate surface area is 151 Å². The molecule has 1 aromatic carbocycles. The quantitative estimate of drug-likeness (QED) is 0.536. The molecule has 0 fully saturated rings. The highest BCUT2D eigenvalue weighted by Gasteiger charge is 2.59. The third kappa shape index (κ3) is 3.00. The van der Waals surface area contributed by atoms with Crippen LogP contribution in [-0.4, -0.2) is 40.7 Å². The summed E-state index contributed by atoms with van der Waals surface area (Å²) in [5.41, 5.74) is 4.59. The molecule has 8 nitrogen and oxygen atoms in total. The number of hydrogen-bond acceptors (Lipinski definition) is 5. The van der Waals surface area contributed by atoms with Gasteiger partial charge in [0.2, 0.25) is 0 Å². The lowest BCUT2D eigenvalue weighted by Crippen LogP contribution is -2.59. The normalized spacial score (nSPS) is 24.9. The molecular weight excluding hydrogens is 362 g/mol. The maximum Gasteiger partial charge on any atom is 0.309 e. The first-order valence-corrected chi connectivity index (χ1v) is 9.44. The van der Waals surface area contributed by atoms with Crippen LogP contribution in [0.25, 0.3) is 0 Å².